The molecule has 8 nitrogen and oxygen atoms in total. The second-order valence-corrected chi connectivity index (χ2v) is 9.48. The van der Waals surface area contributed by atoms with Crippen molar-refractivity contribution in [2.24, 2.45) is 14.1 Å². The van der Waals surface area contributed by atoms with Crippen molar-refractivity contribution in [3.05, 3.63) is 30.9 Å². The van der Waals surface area contributed by atoms with Gasteiger partial charge in [0.05, 0.1) is 9.39 Å². The summed E-state index contributed by atoms with van der Waals surface area (Å²) in [5, 5.41) is 8.68. The molecule has 0 spiro atoms. The Kier molecular flexibility index (Phi) is 6.67. The number of nitrogens with zero attached hydrogens (tertiary/aromatic N) is 6. The van der Waals surface area contributed by atoms with Gasteiger partial charge in [-0.05, 0) is 57.3 Å². The second-order valence-electron chi connectivity index (χ2n) is 7.27. The van der Waals surface area contributed by atoms with Crippen molar-refractivity contribution in [1.82, 2.24) is 29.4 Å². The Morgan fingerprint density at radius 3 is 1.82 bits per heavy atom. The lowest BCUT2D eigenvalue weighted by Crippen LogP contribution is -2.48. The molecule has 0 bridgehead atoms. The first kappa shape index (κ1) is 21.5. The van der Waals surface area contributed by atoms with Gasteiger partial charge in [0.1, 0.15) is 3.70 Å². The van der Waals surface area contributed by atoms with E-state index in [0.717, 1.165) is 39.3 Å². The smallest absolute Gasteiger partial charge is 0.219 e. The van der Waals surface area contributed by atoms with Crippen LogP contribution in [0.4, 0.5) is 0 Å². The largest absolute Gasteiger partial charge is 0.341 e. The van der Waals surface area contributed by atoms with Crippen LogP contribution in [0.25, 0.3) is 0 Å². The number of rotatable bonds is 2. The molecular formula is C18H24I2N6O2. The van der Waals surface area contributed by atoms with Crippen molar-refractivity contribution in [1.29, 1.82) is 0 Å². The topological polar surface area (TPSA) is 76.3 Å². The number of aryl methyl sites for hydroxylation is 2. The van der Waals surface area contributed by atoms with Crippen molar-refractivity contribution in [2.75, 3.05) is 26.2 Å². The number of hydrogen-bond donors (Lipinski definition) is 0. The lowest BCUT2D eigenvalue weighted by molar-refractivity contribution is -0.134. The Balaban J connectivity index is 0.000000161. The summed E-state index contributed by atoms with van der Waals surface area (Å²) >= 11 is 4.46. The van der Waals surface area contributed by atoms with Gasteiger partial charge < -0.3 is 9.80 Å². The van der Waals surface area contributed by atoms with Gasteiger partial charge in [-0.15, -0.1) is 0 Å². The summed E-state index contributed by atoms with van der Waals surface area (Å²) < 4.78 is 5.93. The van der Waals surface area contributed by atoms with Gasteiger partial charge >= 0.3 is 0 Å². The number of amides is 2. The van der Waals surface area contributed by atoms with Crippen LogP contribution in [0.3, 0.4) is 0 Å². The summed E-state index contributed by atoms with van der Waals surface area (Å²) in [6.07, 6.45) is 0. The van der Waals surface area contributed by atoms with Gasteiger partial charge in [0.2, 0.25) is 11.8 Å². The highest BCUT2D eigenvalue weighted by molar-refractivity contribution is 14.1. The number of aromatic nitrogens is 4. The highest BCUT2D eigenvalue weighted by atomic mass is 127. The summed E-state index contributed by atoms with van der Waals surface area (Å²) in [6, 6.07) is 4.17. The van der Waals surface area contributed by atoms with Crippen LogP contribution in [0.2, 0.25) is 0 Å². The average Bonchev–Trinajstić information content (AvgIpc) is 2.98. The molecule has 2 aromatic heterocycles. The first-order valence-electron chi connectivity index (χ1n) is 9.05. The fourth-order valence-corrected chi connectivity index (χ4v) is 4.41. The van der Waals surface area contributed by atoms with E-state index < -0.39 is 0 Å². The van der Waals surface area contributed by atoms with E-state index in [2.05, 4.69) is 67.5 Å². The number of likely N-dealkylation sites (tertiary alicyclic amines) is 2. The summed E-state index contributed by atoms with van der Waals surface area (Å²) in [6.45, 7) is 6.54. The van der Waals surface area contributed by atoms with Gasteiger partial charge in [0.15, 0.2) is 0 Å². The molecule has 4 rings (SSSR count). The van der Waals surface area contributed by atoms with Gasteiger partial charge in [-0.2, -0.15) is 10.2 Å². The molecular weight excluding hydrogens is 586 g/mol. The van der Waals surface area contributed by atoms with Gasteiger partial charge in [-0.25, -0.2) is 0 Å². The molecule has 2 aromatic rings. The van der Waals surface area contributed by atoms with E-state index in [1.165, 1.54) is 5.69 Å². The Morgan fingerprint density at radius 2 is 1.43 bits per heavy atom. The highest BCUT2D eigenvalue weighted by Crippen LogP contribution is 2.28. The molecule has 0 N–H and O–H groups in total. The minimum Gasteiger partial charge on any atom is -0.341 e. The molecule has 2 amide bonds. The molecule has 0 saturated carbocycles. The van der Waals surface area contributed by atoms with Gasteiger partial charge in [-0.3, -0.25) is 19.0 Å². The van der Waals surface area contributed by atoms with Crippen LogP contribution in [0.15, 0.2) is 12.1 Å². The fraction of sp³-hybridized carbons (Fsp3) is 0.556. The molecule has 0 radical (unpaired) electrons. The van der Waals surface area contributed by atoms with Crippen molar-refractivity contribution in [3.63, 3.8) is 0 Å². The number of halogens is 2. The normalized spacial score (nSPS) is 16.9. The Morgan fingerprint density at radius 1 is 0.893 bits per heavy atom. The predicted molar refractivity (Wildman–Crippen MR) is 122 cm³/mol. The molecule has 0 atom stereocenters. The SMILES string of the molecule is CC(=O)N1CC(c2cc(I)n(C)n2)C1.CC(=O)N1CC(c2cc(I)nn2C)C1. The van der Waals surface area contributed by atoms with Crippen molar-refractivity contribution in [2.45, 2.75) is 25.7 Å². The first-order chi connectivity index (χ1) is 13.2. The first-order valence-corrected chi connectivity index (χ1v) is 11.2. The molecule has 2 saturated heterocycles. The third-order valence-corrected chi connectivity index (χ3v) is 6.75. The quantitative estimate of drug-likeness (QED) is 0.488. The molecule has 0 aromatic carbocycles. The minimum absolute atomic E-state index is 0.159. The number of carbonyl (C=O) groups is 2. The molecule has 0 unspecified atom stereocenters. The molecule has 2 aliphatic rings. The average molecular weight is 610 g/mol. The highest BCUT2D eigenvalue weighted by Gasteiger charge is 2.32. The van der Waals surface area contributed by atoms with Crippen LogP contribution >= 0.6 is 45.2 Å². The summed E-state index contributed by atoms with van der Waals surface area (Å²) in [7, 11) is 3.89. The standard InChI is InChI=1S/2C9H12IN3O/c1-6(14)13-4-7(5-13)8-3-9(10)11-12(8)2;1-6(14)13-4-7(5-13)8-3-9(10)12(2)11-8/h2*3,7H,4-5H2,1-2H3. The molecule has 28 heavy (non-hydrogen) atoms. The van der Waals surface area contributed by atoms with E-state index in [-0.39, 0.29) is 11.8 Å². The van der Waals surface area contributed by atoms with E-state index in [0.29, 0.717) is 11.8 Å². The van der Waals surface area contributed by atoms with E-state index in [1.807, 2.05) is 33.3 Å². The predicted octanol–water partition coefficient (Wildman–Crippen LogP) is 1.94. The minimum atomic E-state index is 0.159. The van der Waals surface area contributed by atoms with Crippen molar-refractivity contribution >= 4 is 57.0 Å². The zero-order valence-corrected chi connectivity index (χ0v) is 20.7. The van der Waals surface area contributed by atoms with E-state index in [1.54, 1.807) is 13.8 Å². The lowest BCUT2D eigenvalue weighted by Gasteiger charge is -2.38. The lowest BCUT2D eigenvalue weighted by atomic mass is 9.96. The van der Waals surface area contributed by atoms with Crippen molar-refractivity contribution in [3.8, 4) is 0 Å². The van der Waals surface area contributed by atoms with Crippen LogP contribution < -0.4 is 0 Å². The van der Waals surface area contributed by atoms with Crippen LogP contribution in [0.1, 0.15) is 37.1 Å². The summed E-state index contributed by atoms with van der Waals surface area (Å²) in [5.74, 6) is 1.23. The molecule has 10 heteroatoms. The Labute approximate surface area is 191 Å². The maximum absolute atomic E-state index is 11.0. The maximum atomic E-state index is 11.0. The Bertz CT molecular complexity index is 861. The van der Waals surface area contributed by atoms with Crippen LogP contribution in [0, 0.1) is 7.40 Å². The molecule has 152 valence electrons. The van der Waals surface area contributed by atoms with E-state index in [9.17, 15) is 9.59 Å². The Hall–Kier alpha value is -1.18. The number of carbonyl (C=O) groups excluding carboxylic acids is 2. The van der Waals surface area contributed by atoms with Crippen LogP contribution in [0.5, 0.6) is 0 Å². The fourth-order valence-electron chi connectivity index (χ4n) is 3.34. The molecule has 4 heterocycles. The molecule has 2 fully saturated rings. The molecule has 2 aliphatic heterocycles. The van der Waals surface area contributed by atoms with Gasteiger partial charge in [-0.1, -0.05) is 0 Å². The van der Waals surface area contributed by atoms with E-state index >= 15 is 0 Å². The maximum Gasteiger partial charge on any atom is 0.219 e. The third kappa shape index (κ3) is 4.69. The van der Waals surface area contributed by atoms with Crippen LogP contribution in [-0.2, 0) is 23.7 Å². The van der Waals surface area contributed by atoms with Gasteiger partial charge in [0, 0.05) is 71.7 Å². The zero-order chi connectivity index (χ0) is 20.6. The van der Waals surface area contributed by atoms with Gasteiger partial charge in [0.25, 0.3) is 0 Å². The summed E-state index contributed by atoms with van der Waals surface area (Å²) in [4.78, 5) is 25.7. The molecule has 0 aliphatic carbocycles. The zero-order valence-electron chi connectivity index (χ0n) is 16.4. The van der Waals surface area contributed by atoms with Crippen molar-refractivity contribution < 1.29 is 9.59 Å². The second kappa shape index (κ2) is 8.67. The third-order valence-electron chi connectivity index (χ3n) is 5.22. The monoisotopic (exact) mass is 610 g/mol. The van der Waals surface area contributed by atoms with Crippen LogP contribution in [-0.4, -0.2) is 67.4 Å². The number of hydrogen-bond acceptors (Lipinski definition) is 4. The summed E-state index contributed by atoms with van der Waals surface area (Å²) in [5.41, 5.74) is 2.33. The van der Waals surface area contributed by atoms with E-state index in [4.69, 9.17) is 0 Å².